The lowest BCUT2D eigenvalue weighted by molar-refractivity contribution is -0.132. The number of carbonyl (C=O) groups excluding carboxylic acids is 2. The van der Waals surface area contributed by atoms with Crippen molar-refractivity contribution in [3.63, 3.8) is 0 Å². The Morgan fingerprint density at radius 3 is 2.67 bits per heavy atom. The first-order valence-electron chi connectivity index (χ1n) is 9.94. The smallest absolute Gasteiger partial charge is 0.264 e. The summed E-state index contributed by atoms with van der Waals surface area (Å²) < 4.78 is 5.78. The molecule has 0 aromatic heterocycles. The van der Waals surface area contributed by atoms with Crippen LogP contribution in [0.3, 0.4) is 0 Å². The summed E-state index contributed by atoms with van der Waals surface area (Å²) in [6.07, 6.45) is 3.87. The molecule has 1 N–H and O–H groups in total. The van der Waals surface area contributed by atoms with Crippen molar-refractivity contribution in [2.24, 2.45) is 4.99 Å². The number of rotatable bonds is 5. The van der Waals surface area contributed by atoms with Crippen molar-refractivity contribution in [1.29, 1.82) is 0 Å². The summed E-state index contributed by atoms with van der Waals surface area (Å²) in [5, 5.41) is 3.34. The maximum Gasteiger partial charge on any atom is 0.264 e. The first kappa shape index (κ1) is 20.2. The fourth-order valence-corrected chi connectivity index (χ4v) is 4.12. The molecule has 0 unspecified atom stereocenters. The predicted octanol–water partition coefficient (Wildman–Crippen LogP) is 3.89. The molecule has 2 saturated heterocycles. The largest absolute Gasteiger partial charge is 0.483 e. The first-order chi connectivity index (χ1) is 14.6. The molecule has 2 aliphatic heterocycles. The fraction of sp³-hybridized carbons (Fsp3) is 0.261. The minimum Gasteiger partial charge on any atom is -0.483 e. The zero-order valence-electron chi connectivity index (χ0n) is 16.8. The molecule has 4 rings (SSSR count). The van der Waals surface area contributed by atoms with Crippen molar-refractivity contribution in [2.75, 3.05) is 19.7 Å². The fourth-order valence-electron chi connectivity index (χ4n) is 3.29. The van der Waals surface area contributed by atoms with Crippen LogP contribution in [0, 0.1) is 6.92 Å². The van der Waals surface area contributed by atoms with E-state index < -0.39 is 0 Å². The van der Waals surface area contributed by atoms with Crippen LogP contribution in [0.1, 0.15) is 24.0 Å². The average Bonchev–Trinajstić information content (AvgIpc) is 3.39. The molecule has 0 bridgehead atoms. The van der Waals surface area contributed by atoms with E-state index in [1.54, 1.807) is 6.08 Å². The number of thioether (sulfide) groups is 1. The van der Waals surface area contributed by atoms with Gasteiger partial charge in [0.25, 0.3) is 11.8 Å². The van der Waals surface area contributed by atoms with Crippen LogP contribution in [-0.2, 0) is 9.59 Å². The molecule has 2 fully saturated rings. The molecule has 2 aromatic carbocycles. The third-order valence-corrected chi connectivity index (χ3v) is 5.84. The molecule has 0 radical (unpaired) electrons. The van der Waals surface area contributed by atoms with Crippen LogP contribution in [0.15, 0.2) is 58.4 Å². The van der Waals surface area contributed by atoms with Gasteiger partial charge < -0.3 is 15.0 Å². The van der Waals surface area contributed by atoms with Crippen molar-refractivity contribution in [3.8, 4) is 5.75 Å². The lowest BCUT2D eigenvalue weighted by Gasteiger charge is -2.16. The molecule has 2 heterocycles. The van der Waals surface area contributed by atoms with Crippen LogP contribution in [0.2, 0.25) is 0 Å². The summed E-state index contributed by atoms with van der Waals surface area (Å²) >= 11 is 1.29. The van der Waals surface area contributed by atoms with E-state index in [-0.39, 0.29) is 18.4 Å². The Kier molecular flexibility index (Phi) is 6.18. The van der Waals surface area contributed by atoms with Gasteiger partial charge in [-0.05, 0) is 55.8 Å². The number of ether oxygens (including phenoxy) is 1. The Morgan fingerprint density at radius 2 is 1.90 bits per heavy atom. The summed E-state index contributed by atoms with van der Waals surface area (Å²) in [4.78, 5) is 31.5. The quantitative estimate of drug-likeness (QED) is 0.744. The molecule has 0 saturated carbocycles. The zero-order valence-corrected chi connectivity index (χ0v) is 17.6. The molecular weight excluding hydrogens is 398 g/mol. The van der Waals surface area contributed by atoms with Crippen LogP contribution < -0.4 is 10.1 Å². The number of aliphatic imine (C=N–C) groups is 1. The van der Waals surface area contributed by atoms with E-state index >= 15 is 0 Å². The second kappa shape index (κ2) is 9.17. The van der Waals surface area contributed by atoms with Gasteiger partial charge in [0.15, 0.2) is 11.8 Å². The standard InChI is InChI=1S/C23H23N3O3S/c1-16-8-10-18(11-9-16)24-23-25-22(28)20(30-23)14-17-6-2-3-7-19(17)29-15-21(27)26-12-4-5-13-26/h2-3,6-11,14H,4-5,12-13,15H2,1H3,(H,24,25,28)/b20-14+. The van der Waals surface area contributed by atoms with Crippen LogP contribution in [0.25, 0.3) is 6.08 Å². The van der Waals surface area contributed by atoms with E-state index in [4.69, 9.17) is 4.74 Å². The number of nitrogens with one attached hydrogen (secondary N) is 1. The topological polar surface area (TPSA) is 71.0 Å². The number of benzene rings is 2. The average molecular weight is 422 g/mol. The monoisotopic (exact) mass is 421 g/mol. The lowest BCUT2D eigenvalue weighted by Crippen LogP contribution is -2.32. The van der Waals surface area contributed by atoms with Crippen molar-refractivity contribution < 1.29 is 14.3 Å². The summed E-state index contributed by atoms with van der Waals surface area (Å²) in [6, 6.07) is 15.2. The van der Waals surface area contributed by atoms with E-state index in [9.17, 15) is 9.59 Å². The Labute approximate surface area is 180 Å². The van der Waals surface area contributed by atoms with Crippen LogP contribution in [0.4, 0.5) is 5.69 Å². The van der Waals surface area contributed by atoms with E-state index in [2.05, 4.69) is 10.3 Å². The number of amidine groups is 1. The number of nitrogens with zero attached hydrogens (tertiary/aromatic N) is 2. The maximum atomic E-state index is 12.4. The summed E-state index contributed by atoms with van der Waals surface area (Å²) in [7, 11) is 0. The molecule has 2 aliphatic rings. The number of carbonyl (C=O) groups is 2. The molecule has 2 amide bonds. The zero-order chi connectivity index (χ0) is 20.9. The molecule has 7 heteroatoms. The molecule has 6 nitrogen and oxygen atoms in total. The normalized spacial score (nSPS) is 18.8. The van der Waals surface area contributed by atoms with Crippen LogP contribution in [-0.4, -0.2) is 41.6 Å². The number of likely N-dealkylation sites (tertiary alicyclic amines) is 1. The Balaban J connectivity index is 1.47. The highest BCUT2D eigenvalue weighted by Crippen LogP contribution is 2.30. The Bertz CT molecular complexity index is 1010. The van der Waals surface area contributed by atoms with Crippen LogP contribution >= 0.6 is 11.8 Å². The molecule has 0 spiro atoms. The third-order valence-electron chi connectivity index (χ3n) is 4.93. The number of amides is 2. The molecule has 30 heavy (non-hydrogen) atoms. The first-order valence-corrected chi connectivity index (χ1v) is 10.8. The number of aryl methyl sites for hydroxylation is 1. The van der Waals surface area contributed by atoms with Gasteiger partial charge in [-0.15, -0.1) is 0 Å². The van der Waals surface area contributed by atoms with Gasteiger partial charge in [-0.2, -0.15) is 0 Å². The third kappa shape index (κ3) is 4.91. The van der Waals surface area contributed by atoms with Gasteiger partial charge in [0.05, 0.1) is 10.6 Å². The molecule has 2 aromatic rings. The second-order valence-electron chi connectivity index (χ2n) is 7.23. The highest BCUT2D eigenvalue weighted by atomic mass is 32.2. The maximum absolute atomic E-state index is 12.4. The number of hydrogen-bond donors (Lipinski definition) is 1. The van der Waals surface area contributed by atoms with Gasteiger partial charge in [-0.3, -0.25) is 9.59 Å². The summed E-state index contributed by atoms with van der Waals surface area (Å²) in [6.45, 7) is 3.61. The Hall–Kier alpha value is -3.06. The van der Waals surface area contributed by atoms with Crippen molar-refractivity contribution in [3.05, 3.63) is 64.6 Å². The van der Waals surface area contributed by atoms with Gasteiger partial charge in [-0.1, -0.05) is 35.9 Å². The molecule has 154 valence electrons. The number of hydrogen-bond acceptors (Lipinski definition) is 5. The van der Waals surface area contributed by atoms with Gasteiger partial charge >= 0.3 is 0 Å². The minimum atomic E-state index is -0.200. The van der Waals surface area contributed by atoms with E-state index in [1.807, 2.05) is 60.4 Å². The summed E-state index contributed by atoms with van der Waals surface area (Å²) in [5.41, 5.74) is 2.69. The van der Waals surface area contributed by atoms with Crippen molar-refractivity contribution in [1.82, 2.24) is 10.2 Å². The number of para-hydroxylation sites is 1. The minimum absolute atomic E-state index is 0.000339. The predicted molar refractivity (Wildman–Crippen MR) is 120 cm³/mol. The van der Waals surface area contributed by atoms with Gasteiger partial charge in [0.2, 0.25) is 0 Å². The van der Waals surface area contributed by atoms with Crippen LogP contribution in [0.5, 0.6) is 5.75 Å². The second-order valence-corrected chi connectivity index (χ2v) is 8.26. The highest BCUT2D eigenvalue weighted by Gasteiger charge is 2.24. The molecular formula is C23H23N3O3S. The van der Waals surface area contributed by atoms with Gasteiger partial charge in [0, 0.05) is 18.7 Å². The Morgan fingerprint density at radius 1 is 1.17 bits per heavy atom. The van der Waals surface area contributed by atoms with E-state index in [1.165, 1.54) is 11.8 Å². The van der Waals surface area contributed by atoms with Crippen molar-refractivity contribution in [2.45, 2.75) is 19.8 Å². The SMILES string of the molecule is Cc1ccc(N=C2NC(=O)/C(=C\c3ccccc3OCC(=O)N3CCCC3)S2)cc1. The molecule has 0 atom stereocenters. The van der Waals surface area contributed by atoms with E-state index in [0.717, 1.165) is 42.7 Å². The summed E-state index contributed by atoms with van der Waals surface area (Å²) in [5.74, 6) is 0.374. The van der Waals surface area contributed by atoms with E-state index in [0.29, 0.717) is 15.8 Å². The van der Waals surface area contributed by atoms with Crippen molar-refractivity contribution >= 4 is 40.5 Å². The van der Waals surface area contributed by atoms with Gasteiger partial charge in [0.1, 0.15) is 5.75 Å². The van der Waals surface area contributed by atoms with Gasteiger partial charge in [-0.25, -0.2) is 4.99 Å². The molecule has 0 aliphatic carbocycles. The highest BCUT2D eigenvalue weighted by molar-refractivity contribution is 8.18. The lowest BCUT2D eigenvalue weighted by atomic mass is 10.2.